The van der Waals surface area contributed by atoms with Crippen molar-refractivity contribution in [2.24, 2.45) is 0 Å². The Morgan fingerprint density at radius 3 is 2.25 bits per heavy atom. The molecule has 0 atom stereocenters. The number of rotatable bonds is 6. The fourth-order valence-corrected chi connectivity index (χ4v) is 4.44. The zero-order valence-corrected chi connectivity index (χ0v) is 20.0. The van der Waals surface area contributed by atoms with Gasteiger partial charge in [0.15, 0.2) is 0 Å². The van der Waals surface area contributed by atoms with E-state index in [0.29, 0.717) is 19.7 Å². The van der Waals surface area contributed by atoms with E-state index in [1.807, 2.05) is 54.6 Å². The maximum Gasteiger partial charge on any atom is 0.264 e. The summed E-state index contributed by atoms with van der Waals surface area (Å²) in [6, 6.07) is 34.3. The second kappa shape index (κ2) is 10.8. The van der Waals surface area contributed by atoms with Gasteiger partial charge in [0.1, 0.15) is 24.0 Å². The SMILES string of the molecule is N#CC(=Cc1ccc(OCc2ccc3ccccc3c2)cc1)C(=O)N1CCN(c2ccccc2)CC1. The van der Waals surface area contributed by atoms with E-state index >= 15 is 0 Å². The number of carbonyl (C=O) groups is 1. The molecule has 1 fully saturated rings. The van der Waals surface area contributed by atoms with Gasteiger partial charge in [0.2, 0.25) is 0 Å². The molecule has 0 aliphatic carbocycles. The first-order valence-electron chi connectivity index (χ1n) is 12.1. The van der Waals surface area contributed by atoms with Crippen LogP contribution in [0.2, 0.25) is 0 Å². The molecule has 0 aromatic heterocycles. The smallest absolute Gasteiger partial charge is 0.264 e. The third kappa shape index (κ3) is 5.39. The predicted molar refractivity (Wildman–Crippen MR) is 144 cm³/mol. The van der Waals surface area contributed by atoms with E-state index in [4.69, 9.17) is 4.74 Å². The molecule has 0 radical (unpaired) electrons. The van der Waals surface area contributed by atoms with Crippen molar-refractivity contribution >= 4 is 28.4 Å². The Kier molecular flexibility index (Phi) is 6.95. The summed E-state index contributed by atoms with van der Waals surface area (Å²) in [7, 11) is 0. The van der Waals surface area contributed by atoms with E-state index in [2.05, 4.69) is 53.4 Å². The van der Waals surface area contributed by atoms with Gasteiger partial charge in [-0.05, 0) is 58.3 Å². The van der Waals surface area contributed by atoms with Crippen molar-refractivity contribution in [1.29, 1.82) is 5.26 Å². The van der Waals surface area contributed by atoms with Crippen molar-refractivity contribution in [2.45, 2.75) is 6.61 Å². The molecule has 5 nitrogen and oxygen atoms in total. The molecule has 0 saturated carbocycles. The molecular formula is C31H27N3O2. The van der Waals surface area contributed by atoms with E-state index in [1.165, 1.54) is 10.8 Å². The number of para-hydroxylation sites is 1. The van der Waals surface area contributed by atoms with Crippen molar-refractivity contribution in [1.82, 2.24) is 4.90 Å². The second-order valence-electron chi connectivity index (χ2n) is 8.82. The van der Waals surface area contributed by atoms with E-state index in [1.54, 1.807) is 11.0 Å². The van der Waals surface area contributed by atoms with Crippen LogP contribution in [-0.2, 0) is 11.4 Å². The highest BCUT2D eigenvalue weighted by Gasteiger charge is 2.23. The fourth-order valence-electron chi connectivity index (χ4n) is 4.44. The van der Waals surface area contributed by atoms with Crippen LogP contribution in [0.5, 0.6) is 5.75 Å². The minimum absolute atomic E-state index is 0.146. The number of amides is 1. The third-order valence-electron chi connectivity index (χ3n) is 6.45. The molecule has 1 aliphatic heterocycles. The number of fused-ring (bicyclic) bond motifs is 1. The normalized spacial score (nSPS) is 13.9. The lowest BCUT2D eigenvalue weighted by Crippen LogP contribution is -2.49. The summed E-state index contributed by atoms with van der Waals surface area (Å²) < 4.78 is 5.95. The summed E-state index contributed by atoms with van der Waals surface area (Å²) in [6.07, 6.45) is 1.65. The van der Waals surface area contributed by atoms with Gasteiger partial charge in [0.05, 0.1) is 0 Å². The minimum Gasteiger partial charge on any atom is -0.489 e. The van der Waals surface area contributed by atoms with Crippen LogP contribution in [0.25, 0.3) is 16.8 Å². The van der Waals surface area contributed by atoms with E-state index in [0.717, 1.165) is 35.7 Å². The zero-order valence-electron chi connectivity index (χ0n) is 20.0. The first-order valence-corrected chi connectivity index (χ1v) is 12.1. The molecule has 1 amide bonds. The number of hydrogen-bond donors (Lipinski definition) is 0. The summed E-state index contributed by atoms with van der Waals surface area (Å²) in [4.78, 5) is 17.0. The van der Waals surface area contributed by atoms with Gasteiger partial charge < -0.3 is 14.5 Å². The van der Waals surface area contributed by atoms with Crippen LogP contribution in [0.3, 0.4) is 0 Å². The number of benzene rings is 4. The van der Waals surface area contributed by atoms with Crippen LogP contribution in [0, 0.1) is 11.3 Å². The first-order chi connectivity index (χ1) is 17.7. The predicted octanol–water partition coefficient (Wildman–Crippen LogP) is 5.67. The molecule has 0 N–H and O–H groups in total. The summed E-state index contributed by atoms with van der Waals surface area (Å²) >= 11 is 0. The lowest BCUT2D eigenvalue weighted by molar-refractivity contribution is -0.126. The molecule has 4 aromatic rings. The Labute approximate surface area is 211 Å². The Hall–Kier alpha value is -4.56. The maximum absolute atomic E-state index is 13.0. The molecule has 1 aliphatic rings. The number of piperazine rings is 1. The highest BCUT2D eigenvalue weighted by atomic mass is 16.5. The van der Waals surface area contributed by atoms with Crippen molar-refractivity contribution in [3.8, 4) is 11.8 Å². The second-order valence-corrected chi connectivity index (χ2v) is 8.82. The van der Waals surface area contributed by atoms with Gasteiger partial charge in [0, 0.05) is 31.9 Å². The average Bonchev–Trinajstić information content (AvgIpc) is 2.95. The molecule has 5 heteroatoms. The van der Waals surface area contributed by atoms with Crippen molar-refractivity contribution in [2.75, 3.05) is 31.1 Å². The van der Waals surface area contributed by atoms with Gasteiger partial charge in [-0.2, -0.15) is 5.26 Å². The maximum atomic E-state index is 13.0. The van der Waals surface area contributed by atoms with Crippen molar-refractivity contribution in [3.05, 3.63) is 114 Å². The van der Waals surface area contributed by atoms with E-state index in [-0.39, 0.29) is 11.5 Å². The summed E-state index contributed by atoms with van der Waals surface area (Å²) in [5.41, 5.74) is 3.19. The number of nitriles is 1. The number of carbonyl (C=O) groups excluding carboxylic acids is 1. The quantitative estimate of drug-likeness (QED) is 0.267. The summed E-state index contributed by atoms with van der Waals surface area (Å²) in [5.74, 6) is 0.518. The molecule has 0 spiro atoms. The van der Waals surface area contributed by atoms with Gasteiger partial charge in [-0.3, -0.25) is 4.79 Å². The molecular weight excluding hydrogens is 446 g/mol. The largest absolute Gasteiger partial charge is 0.489 e. The van der Waals surface area contributed by atoms with Gasteiger partial charge in [-0.25, -0.2) is 0 Å². The Morgan fingerprint density at radius 2 is 1.53 bits per heavy atom. The Bertz CT molecular complexity index is 1410. The standard InChI is InChI=1S/C31H27N3O2/c32-22-28(31(35)34-18-16-33(17-19-34)29-8-2-1-3-9-29)20-24-11-14-30(15-12-24)36-23-25-10-13-26-6-4-5-7-27(26)21-25/h1-15,20-21H,16-19,23H2. The Morgan fingerprint density at radius 1 is 0.833 bits per heavy atom. The van der Waals surface area contributed by atoms with E-state index < -0.39 is 0 Å². The summed E-state index contributed by atoms with van der Waals surface area (Å²) in [5, 5.41) is 12.1. The highest BCUT2D eigenvalue weighted by molar-refractivity contribution is 6.01. The van der Waals surface area contributed by atoms with Gasteiger partial charge in [-0.1, -0.05) is 66.7 Å². The fraction of sp³-hybridized carbons (Fsp3) is 0.161. The van der Waals surface area contributed by atoms with Crippen LogP contribution in [0.1, 0.15) is 11.1 Å². The van der Waals surface area contributed by atoms with Crippen LogP contribution < -0.4 is 9.64 Å². The van der Waals surface area contributed by atoms with Crippen LogP contribution >= 0.6 is 0 Å². The van der Waals surface area contributed by atoms with Gasteiger partial charge in [-0.15, -0.1) is 0 Å². The molecule has 36 heavy (non-hydrogen) atoms. The molecule has 178 valence electrons. The zero-order chi connectivity index (χ0) is 24.7. The first kappa shape index (κ1) is 23.2. The number of nitrogens with zero attached hydrogens (tertiary/aromatic N) is 3. The topological polar surface area (TPSA) is 56.6 Å². The average molecular weight is 474 g/mol. The highest BCUT2D eigenvalue weighted by Crippen LogP contribution is 2.20. The van der Waals surface area contributed by atoms with Gasteiger partial charge >= 0.3 is 0 Å². The minimum atomic E-state index is -0.221. The molecule has 1 saturated heterocycles. The van der Waals surface area contributed by atoms with Crippen LogP contribution in [0.4, 0.5) is 5.69 Å². The lowest BCUT2D eigenvalue weighted by Gasteiger charge is -2.36. The van der Waals surface area contributed by atoms with Crippen molar-refractivity contribution in [3.63, 3.8) is 0 Å². The monoisotopic (exact) mass is 473 g/mol. The third-order valence-corrected chi connectivity index (χ3v) is 6.45. The Balaban J connectivity index is 1.18. The van der Waals surface area contributed by atoms with Crippen LogP contribution in [-0.4, -0.2) is 37.0 Å². The molecule has 4 aromatic carbocycles. The number of anilines is 1. The van der Waals surface area contributed by atoms with Gasteiger partial charge in [0.25, 0.3) is 5.91 Å². The molecule has 5 rings (SSSR count). The summed E-state index contributed by atoms with van der Waals surface area (Å²) in [6.45, 7) is 3.15. The molecule has 1 heterocycles. The van der Waals surface area contributed by atoms with Crippen molar-refractivity contribution < 1.29 is 9.53 Å². The van der Waals surface area contributed by atoms with Crippen LogP contribution in [0.15, 0.2) is 103 Å². The number of hydrogen-bond acceptors (Lipinski definition) is 4. The molecule has 0 unspecified atom stereocenters. The number of ether oxygens (including phenoxy) is 1. The molecule has 0 bridgehead atoms. The van der Waals surface area contributed by atoms with E-state index in [9.17, 15) is 10.1 Å². The lowest BCUT2D eigenvalue weighted by atomic mass is 10.1.